The second-order valence-corrected chi connectivity index (χ2v) is 7.29. The molecule has 1 aromatic heterocycles. The highest BCUT2D eigenvalue weighted by atomic mass is 19.1. The molecule has 0 radical (unpaired) electrons. The van der Waals surface area contributed by atoms with Crippen molar-refractivity contribution < 1.29 is 18.3 Å². The Morgan fingerprint density at radius 2 is 2.07 bits per heavy atom. The number of nitrogens with zero attached hydrogens (tertiary/aromatic N) is 3. The Morgan fingerprint density at radius 3 is 2.79 bits per heavy atom. The monoisotopic (exact) mass is 400 g/mol. The third-order valence-corrected chi connectivity index (χ3v) is 5.45. The van der Waals surface area contributed by atoms with Gasteiger partial charge in [0.15, 0.2) is 0 Å². The molecule has 1 amide bonds. The molecule has 6 nitrogen and oxygen atoms in total. The van der Waals surface area contributed by atoms with Gasteiger partial charge in [0.05, 0.1) is 29.4 Å². The van der Waals surface area contributed by atoms with Crippen LogP contribution in [0.15, 0.2) is 24.3 Å². The Labute approximate surface area is 167 Å². The smallest absolute Gasteiger partial charge is 0.223 e. The first-order chi connectivity index (χ1) is 13.8. The molecule has 0 saturated carbocycles. The Hall–Kier alpha value is -3.16. The van der Waals surface area contributed by atoms with Crippen molar-refractivity contribution in [1.29, 1.82) is 0 Å². The number of hydrogen-bond donors (Lipinski definition) is 1. The third kappa shape index (κ3) is 3.28. The van der Waals surface area contributed by atoms with Gasteiger partial charge in [0.1, 0.15) is 28.7 Å². The zero-order chi connectivity index (χ0) is 20.9. The summed E-state index contributed by atoms with van der Waals surface area (Å²) in [5.74, 6) is -0.410. The minimum Gasteiger partial charge on any atom is -0.493 e. The fraction of sp³-hybridized carbons (Fsp3) is 0.333. The van der Waals surface area contributed by atoms with Crippen LogP contribution in [-0.2, 0) is 11.8 Å². The molecule has 1 unspecified atom stereocenters. The fourth-order valence-corrected chi connectivity index (χ4v) is 3.66. The normalized spacial score (nSPS) is 15.7. The largest absolute Gasteiger partial charge is 0.493 e. The maximum absolute atomic E-state index is 14.5. The molecule has 0 fully saturated rings. The highest BCUT2D eigenvalue weighted by Gasteiger charge is 2.27. The summed E-state index contributed by atoms with van der Waals surface area (Å²) in [6.07, 6.45) is 0.510. The van der Waals surface area contributed by atoms with Crippen LogP contribution in [0.3, 0.4) is 0 Å². The second-order valence-electron chi connectivity index (χ2n) is 7.29. The number of amides is 1. The van der Waals surface area contributed by atoms with Crippen molar-refractivity contribution in [3.63, 3.8) is 0 Å². The number of imidazole rings is 1. The van der Waals surface area contributed by atoms with Gasteiger partial charge in [0.25, 0.3) is 0 Å². The number of ether oxygens (including phenoxy) is 1. The SMILES string of the molecule is CC(=O)N(C)c1cc(NC2CCOc3cc(F)cc(F)c32)c2nc(C)n(C)c2c1. The van der Waals surface area contributed by atoms with Crippen molar-refractivity contribution in [1.82, 2.24) is 9.55 Å². The molecule has 2 aromatic carbocycles. The summed E-state index contributed by atoms with van der Waals surface area (Å²) in [7, 11) is 3.60. The molecule has 3 aromatic rings. The van der Waals surface area contributed by atoms with E-state index in [4.69, 9.17) is 4.74 Å². The van der Waals surface area contributed by atoms with E-state index in [1.807, 2.05) is 30.7 Å². The summed E-state index contributed by atoms with van der Waals surface area (Å²) in [6, 6.07) is 5.38. The maximum Gasteiger partial charge on any atom is 0.223 e. The van der Waals surface area contributed by atoms with Gasteiger partial charge in [0, 0.05) is 45.3 Å². The van der Waals surface area contributed by atoms with Crippen LogP contribution in [0.4, 0.5) is 20.2 Å². The second kappa shape index (κ2) is 7.02. The van der Waals surface area contributed by atoms with Crippen molar-refractivity contribution in [2.75, 3.05) is 23.9 Å². The molecule has 0 aliphatic carbocycles. The van der Waals surface area contributed by atoms with Gasteiger partial charge in [0.2, 0.25) is 5.91 Å². The van der Waals surface area contributed by atoms with E-state index in [0.29, 0.717) is 30.0 Å². The number of carbonyl (C=O) groups is 1. The Morgan fingerprint density at radius 1 is 1.31 bits per heavy atom. The van der Waals surface area contributed by atoms with E-state index in [0.717, 1.165) is 22.9 Å². The number of anilines is 2. The Kier molecular flexibility index (Phi) is 4.64. The summed E-state index contributed by atoms with van der Waals surface area (Å²) >= 11 is 0. The molecule has 0 spiro atoms. The lowest BCUT2D eigenvalue weighted by molar-refractivity contribution is -0.116. The number of benzene rings is 2. The molecule has 2 heterocycles. The van der Waals surface area contributed by atoms with Gasteiger partial charge in [-0.2, -0.15) is 0 Å². The van der Waals surface area contributed by atoms with Crippen LogP contribution in [0, 0.1) is 18.6 Å². The number of aryl methyl sites for hydroxylation is 2. The van der Waals surface area contributed by atoms with Gasteiger partial charge >= 0.3 is 0 Å². The van der Waals surface area contributed by atoms with E-state index < -0.39 is 17.7 Å². The van der Waals surface area contributed by atoms with Crippen molar-refractivity contribution >= 4 is 28.3 Å². The van der Waals surface area contributed by atoms with E-state index in [1.165, 1.54) is 13.0 Å². The lowest BCUT2D eigenvalue weighted by Gasteiger charge is -2.28. The summed E-state index contributed by atoms with van der Waals surface area (Å²) in [5, 5.41) is 3.36. The van der Waals surface area contributed by atoms with Crippen molar-refractivity contribution in [3.05, 3.63) is 47.3 Å². The van der Waals surface area contributed by atoms with Crippen LogP contribution in [0.2, 0.25) is 0 Å². The first-order valence-electron chi connectivity index (χ1n) is 9.36. The summed E-state index contributed by atoms with van der Waals surface area (Å²) in [4.78, 5) is 18.1. The molecule has 0 saturated heterocycles. The summed E-state index contributed by atoms with van der Waals surface area (Å²) in [5.41, 5.74) is 3.24. The molecule has 0 bridgehead atoms. The number of rotatable bonds is 3. The molecule has 1 atom stereocenters. The van der Waals surface area contributed by atoms with Crippen LogP contribution >= 0.6 is 0 Å². The van der Waals surface area contributed by atoms with Gasteiger partial charge in [-0.05, 0) is 19.1 Å². The quantitative estimate of drug-likeness (QED) is 0.720. The van der Waals surface area contributed by atoms with Crippen LogP contribution in [-0.4, -0.2) is 29.1 Å². The Balaban J connectivity index is 1.83. The molecule has 1 aliphatic rings. The lowest BCUT2D eigenvalue weighted by Crippen LogP contribution is -2.24. The van der Waals surface area contributed by atoms with Gasteiger partial charge in [-0.15, -0.1) is 0 Å². The standard InChI is InChI=1S/C21H22F2N4O2/c1-11-24-21-17(9-14(27(4)12(2)28)10-18(21)26(11)3)25-16-5-6-29-19-8-13(22)7-15(23)20(16)19/h7-10,16,25H,5-6H2,1-4H3. The molecule has 4 rings (SSSR count). The van der Waals surface area contributed by atoms with Gasteiger partial charge in [-0.1, -0.05) is 0 Å². The highest BCUT2D eigenvalue weighted by Crippen LogP contribution is 2.39. The molecule has 8 heteroatoms. The molecule has 1 aliphatic heterocycles. The fourth-order valence-electron chi connectivity index (χ4n) is 3.66. The summed E-state index contributed by atoms with van der Waals surface area (Å²) < 4.78 is 35.5. The first-order valence-corrected chi connectivity index (χ1v) is 9.36. The van der Waals surface area contributed by atoms with Crippen LogP contribution < -0.4 is 15.0 Å². The van der Waals surface area contributed by atoms with Gasteiger partial charge in [-0.3, -0.25) is 4.79 Å². The van der Waals surface area contributed by atoms with Crippen LogP contribution in [0.1, 0.15) is 30.8 Å². The van der Waals surface area contributed by atoms with E-state index in [-0.39, 0.29) is 11.7 Å². The molecule has 29 heavy (non-hydrogen) atoms. The lowest BCUT2D eigenvalue weighted by atomic mass is 9.99. The van der Waals surface area contributed by atoms with E-state index in [9.17, 15) is 13.6 Å². The van der Waals surface area contributed by atoms with E-state index in [1.54, 1.807) is 11.9 Å². The molecule has 152 valence electrons. The van der Waals surface area contributed by atoms with Gasteiger partial charge in [-0.25, -0.2) is 13.8 Å². The zero-order valence-corrected chi connectivity index (χ0v) is 16.7. The number of halogens is 2. The average molecular weight is 400 g/mol. The minimum absolute atomic E-state index is 0.105. The van der Waals surface area contributed by atoms with Crippen molar-refractivity contribution in [3.8, 4) is 5.75 Å². The third-order valence-electron chi connectivity index (χ3n) is 5.45. The zero-order valence-electron chi connectivity index (χ0n) is 16.7. The first kappa shape index (κ1) is 19.2. The number of hydrogen-bond acceptors (Lipinski definition) is 4. The van der Waals surface area contributed by atoms with Gasteiger partial charge < -0.3 is 19.5 Å². The molecular weight excluding hydrogens is 378 g/mol. The molecule has 1 N–H and O–H groups in total. The average Bonchev–Trinajstić information content (AvgIpc) is 2.95. The highest BCUT2D eigenvalue weighted by molar-refractivity contribution is 5.98. The maximum atomic E-state index is 14.5. The van der Waals surface area contributed by atoms with E-state index >= 15 is 0 Å². The van der Waals surface area contributed by atoms with Crippen molar-refractivity contribution in [2.45, 2.75) is 26.3 Å². The predicted molar refractivity (Wildman–Crippen MR) is 107 cm³/mol. The topological polar surface area (TPSA) is 59.4 Å². The number of carbonyl (C=O) groups excluding carboxylic acids is 1. The number of fused-ring (bicyclic) bond motifs is 2. The Bertz CT molecular complexity index is 1130. The van der Waals surface area contributed by atoms with Crippen LogP contribution in [0.5, 0.6) is 5.75 Å². The number of nitrogens with one attached hydrogen (secondary N) is 1. The number of aromatic nitrogens is 2. The van der Waals surface area contributed by atoms with Crippen molar-refractivity contribution in [2.24, 2.45) is 7.05 Å². The predicted octanol–water partition coefficient (Wildman–Crippen LogP) is 4.08. The van der Waals surface area contributed by atoms with E-state index in [2.05, 4.69) is 10.3 Å². The minimum atomic E-state index is -0.672. The van der Waals surface area contributed by atoms with Crippen LogP contribution in [0.25, 0.3) is 11.0 Å². The molecular formula is C21H22F2N4O2. The summed E-state index contributed by atoms with van der Waals surface area (Å²) in [6.45, 7) is 3.72.